The number of ether oxygens (including phenoxy) is 3. The van der Waals surface area contributed by atoms with Crippen LogP contribution < -0.4 is 0 Å². The average molecular weight is 965 g/mol. The van der Waals surface area contributed by atoms with Crippen LogP contribution in [0.15, 0.2) is 146 Å². The van der Waals surface area contributed by atoms with Crippen LogP contribution in [0.2, 0.25) is 0 Å². The highest BCUT2D eigenvalue weighted by atomic mass is 16.6. The monoisotopic (exact) mass is 965 g/mol. The molecule has 0 aliphatic rings. The summed E-state index contributed by atoms with van der Waals surface area (Å²) in [5.41, 5.74) is 0. The maximum absolute atomic E-state index is 12.8. The first-order chi connectivity index (χ1) is 34.5. The van der Waals surface area contributed by atoms with Crippen LogP contribution in [0.1, 0.15) is 220 Å². The minimum Gasteiger partial charge on any atom is -0.462 e. The molecule has 0 aromatic rings. The van der Waals surface area contributed by atoms with Gasteiger partial charge in [0.15, 0.2) is 6.10 Å². The number of carbonyl (C=O) groups is 3. The lowest BCUT2D eigenvalue weighted by Gasteiger charge is -2.18. The minimum atomic E-state index is -0.849. The van der Waals surface area contributed by atoms with E-state index in [1.165, 1.54) is 38.5 Å². The Hall–Kier alpha value is -4.71. The fraction of sp³-hybridized carbons (Fsp3) is 0.578. The number of hydrogen-bond donors (Lipinski definition) is 0. The van der Waals surface area contributed by atoms with E-state index in [9.17, 15) is 14.4 Å². The van der Waals surface area contributed by atoms with Crippen LogP contribution in [0.4, 0.5) is 0 Å². The summed E-state index contributed by atoms with van der Waals surface area (Å²) in [7, 11) is 0. The van der Waals surface area contributed by atoms with E-state index in [2.05, 4.69) is 154 Å². The van der Waals surface area contributed by atoms with Gasteiger partial charge in [-0.1, -0.05) is 231 Å². The van der Waals surface area contributed by atoms with Crippen molar-refractivity contribution >= 4 is 17.9 Å². The Labute approximate surface area is 429 Å². The molecule has 0 saturated carbocycles. The van der Waals surface area contributed by atoms with Crippen LogP contribution in [-0.4, -0.2) is 37.2 Å². The van der Waals surface area contributed by atoms with Crippen molar-refractivity contribution in [2.45, 2.75) is 226 Å². The van der Waals surface area contributed by atoms with Crippen molar-refractivity contribution in [2.24, 2.45) is 0 Å². The van der Waals surface area contributed by atoms with Gasteiger partial charge in [-0.2, -0.15) is 0 Å². The molecule has 1 unspecified atom stereocenters. The van der Waals surface area contributed by atoms with Crippen molar-refractivity contribution in [2.75, 3.05) is 13.2 Å². The van der Waals surface area contributed by atoms with Crippen LogP contribution in [0, 0.1) is 0 Å². The van der Waals surface area contributed by atoms with Gasteiger partial charge in [0.2, 0.25) is 0 Å². The fourth-order valence-corrected chi connectivity index (χ4v) is 6.97. The van der Waals surface area contributed by atoms with Gasteiger partial charge < -0.3 is 14.2 Å². The van der Waals surface area contributed by atoms with Crippen LogP contribution in [0.5, 0.6) is 0 Å². The molecular weight excluding hydrogens is 865 g/mol. The number of carbonyl (C=O) groups excluding carboxylic acids is 3. The summed E-state index contributed by atoms with van der Waals surface area (Å²) in [5, 5.41) is 0. The molecule has 0 aliphatic carbocycles. The zero-order valence-electron chi connectivity index (χ0n) is 44.7. The van der Waals surface area contributed by atoms with Crippen molar-refractivity contribution in [3.63, 3.8) is 0 Å². The third-order valence-corrected chi connectivity index (χ3v) is 11.1. The second-order valence-electron chi connectivity index (χ2n) is 17.7. The Balaban J connectivity index is 4.51. The Kier molecular flexibility index (Phi) is 53.0. The summed E-state index contributed by atoms with van der Waals surface area (Å²) >= 11 is 0. The van der Waals surface area contributed by atoms with Crippen LogP contribution in [0.25, 0.3) is 0 Å². The average Bonchev–Trinajstić information content (AvgIpc) is 3.36. The summed E-state index contributed by atoms with van der Waals surface area (Å²) in [4.78, 5) is 38.0. The largest absolute Gasteiger partial charge is 0.462 e. The minimum absolute atomic E-state index is 0.0845. The van der Waals surface area contributed by atoms with Crippen molar-refractivity contribution in [3.8, 4) is 0 Å². The van der Waals surface area contributed by atoms with Gasteiger partial charge in [0, 0.05) is 12.8 Å². The van der Waals surface area contributed by atoms with Gasteiger partial charge in [0.05, 0.1) is 6.42 Å². The quantitative estimate of drug-likeness (QED) is 0.0262. The van der Waals surface area contributed by atoms with Crippen LogP contribution in [-0.2, 0) is 28.6 Å². The van der Waals surface area contributed by atoms with E-state index in [-0.39, 0.29) is 31.6 Å². The van der Waals surface area contributed by atoms with Gasteiger partial charge in [-0.25, -0.2) is 0 Å². The highest BCUT2D eigenvalue weighted by Crippen LogP contribution is 2.13. The zero-order chi connectivity index (χ0) is 50.7. The van der Waals surface area contributed by atoms with E-state index in [4.69, 9.17) is 14.2 Å². The first-order valence-corrected chi connectivity index (χ1v) is 27.8. The normalized spacial score (nSPS) is 13.2. The molecular formula is C64H100O6. The lowest BCUT2D eigenvalue weighted by molar-refractivity contribution is -0.166. The van der Waals surface area contributed by atoms with Crippen molar-refractivity contribution in [3.05, 3.63) is 146 Å². The van der Waals surface area contributed by atoms with E-state index in [0.717, 1.165) is 135 Å². The summed E-state index contributed by atoms with van der Waals surface area (Å²) in [6.45, 7) is 6.25. The first kappa shape index (κ1) is 65.3. The lowest BCUT2D eigenvalue weighted by atomic mass is 10.1. The first-order valence-electron chi connectivity index (χ1n) is 27.8. The van der Waals surface area contributed by atoms with Crippen LogP contribution in [0.3, 0.4) is 0 Å². The molecule has 1 atom stereocenters. The molecule has 0 aromatic carbocycles. The number of allylic oxidation sites excluding steroid dienone is 23. The van der Waals surface area contributed by atoms with Gasteiger partial charge in [0.25, 0.3) is 0 Å². The van der Waals surface area contributed by atoms with E-state index >= 15 is 0 Å². The highest BCUT2D eigenvalue weighted by Gasteiger charge is 2.19. The Bertz CT molecular complexity index is 1580. The van der Waals surface area contributed by atoms with Gasteiger partial charge in [-0.05, 0) is 116 Å². The molecule has 0 radical (unpaired) electrons. The number of rotatable bonds is 48. The fourth-order valence-electron chi connectivity index (χ4n) is 6.97. The standard InChI is InChI=1S/C64H100O6/c1-4-7-10-13-16-19-22-25-28-29-30-31-32-33-34-35-37-39-42-45-48-51-54-57-63(66)69-60-61(59-68-62(65)56-53-50-47-44-41-38-27-24-21-18-15-12-9-6-3)70-64(67)58-55-52-49-46-43-40-36-26-23-20-17-14-11-8-5-2/h7-8,10-11,15-20,24-28,30-31,33-34,36,43,46,52,55,61H,4-6,9,12-14,21-23,29,32,35,37-42,44-45,47-51,53-54,56-60H2,1-3H3/b10-7-,11-8-,18-15-,19-16-,20-17-,27-24-,28-25-,31-30-,34-33-,36-26-,46-43-,55-52-. The van der Waals surface area contributed by atoms with E-state index in [1.807, 2.05) is 6.08 Å². The van der Waals surface area contributed by atoms with Gasteiger partial charge >= 0.3 is 17.9 Å². The molecule has 0 rings (SSSR count). The molecule has 70 heavy (non-hydrogen) atoms. The predicted molar refractivity (Wildman–Crippen MR) is 302 cm³/mol. The summed E-state index contributed by atoms with van der Waals surface area (Å²) in [6.07, 6.45) is 81.4. The number of unbranched alkanes of at least 4 members (excludes halogenated alkanes) is 14. The third kappa shape index (κ3) is 54.2. The van der Waals surface area contributed by atoms with E-state index < -0.39 is 12.1 Å². The molecule has 0 aliphatic heterocycles. The molecule has 0 saturated heterocycles. The van der Waals surface area contributed by atoms with Gasteiger partial charge in [0.1, 0.15) is 13.2 Å². The van der Waals surface area contributed by atoms with E-state index in [1.54, 1.807) is 6.08 Å². The molecule has 0 bridgehead atoms. The Morgan fingerprint density at radius 1 is 0.314 bits per heavy atom. The molecule has 0 fully saturated rings. The molecule has 6 nitrogen and oxygen atoms in total. The molecule has 0 aromatic heterocycles. The van der Waals surface area contributed by atoms with E-state index in [0.29, 0.717) is 19.3 Å². The smallest absolute Gasteiger partial charge is 0.310 e. The summed E-state index contributed by atoms with van der Waals surface area (Å²) < 4.78 is 16.7. The van der Waals surface area contributed by atoms with Gasteiger partial charge in [-0.3, -0.25) is 14.4 Å². The molecule has 0 heterocycles. The number of hydrogen-bond acceptors (Lipinski definition) is 6. The van der Waals surface area contributed by atoms with Crippen molar-refractivity contribution in [1.29, 1.82) is 0 Å². The zero-order valence-corrected chi connectivity index (χ0v) is 44.7. The van der Waals surface area contributed by atoms with Crippen molar-refractivity contribution < 1.29 is 28.6 Å². The SMILES string of the molecule is CC/C=C\C/C=C\C/C=C\C/C=C\C/C=C\CCCCCCCCCC(=O)OCC(COC(=O)CCCCCCC/C=C\C/C=C\CCCC)OC(=O)C/C=C\C/C=C\C/C=C\C/C=C\C/C=C\CC. The maximum atomic E-state index is 12.8. The molecule has 0 spiro atoms. The Morgan fingerprint density at radius 2 is 0.600 bits per heavy atom. The van der Waals surface area contributed by atoms with Crippen molar-refractivity contribution in [1.82, 2.24) is 0 Å². The molecule has 6 heteroatoms. The second kappa shape index (κ2) is 56.9. The third-order valence-electron chi connectivity index (χ3n) is 11.1. The van der Waals surface area contributed by atoms with Gasteiger partial charge in [-0.15, -0.1) is 0 Å². The lowest BCUT2D eigenvalue weighted by Crippen LogP contribution is -2.30. The maximum Gasteiger partial charge on any atom is 0.310 e. The molecule has 392 valence electrons. The Morgan fingerprint density at radius 3 is 0.943 bits per heavy atom. The number of esters is 3. The summed E-state index contributed by atoms with van der Waals surface area (Å²) in [5.74, 6) is -1.10. The molecule has 0 amide bonds. The predicted octanol–water partition coefficient (Wildman–Crippen LogP) is 18.8. The topological polar surface area (TPSA) is 78.9 Å². The molecule has 0 N–H and O–H groups in total. The summed E-state index contributed by atoms with van der Waals surface area (Å²) in [6, 6.07) is 0. The highest BCUT2D eigenvalue weighted by molar-refractivity contribution is 5.72. The van der Waals surface area contributed by atoms with Crippen LogP contribution >= 0.6 is 0 Å². The second-order valence-corrected chi connectivity index (χ2v) is 17.7.